The predicted octanol–water partition coefficient (Wildman–Crippen LogP) is 0.0577. The van der Waals surface area contributed by atoms with Crippen LogP contribution in [0.15, 0.2) is 0 Å². The van der Waals surface area contributed by atoms with E-state index < -0.39 is 0 Å². The van der Waals surface area contributed by atoms with E-state index >= 15 is 0 Å². The Balaban J connectivity index is 1.90. The highest BCUT2D eigenvalue weighted by Crippen LogP contribution is 2.28. The Morgan fingerprint density at radius 2 is 1.93 bits per heavy atom. The van der Waals surface area contributed by atoms with Crippen molar-refractivity contribution in [3.8, 4) is 0 Å². The van der Waals surface area contributed by atoms with Crippen LogP contribution >= 0.6 is 0 Å². The fourth-order valence-corrected chi connectivity index (χ4v) is 2.41. The lowest BCUT2D eigenvalue weighted by molar-refractivity contribution is -0.131. The van der Waals surface area contributed by atoms with E-state index in [2.05, 4.69) is 4.90 Å². The minimum Gasteiger partial charge on any atom is -0.368 e. The second-order valence-electron chi connectivity index (χ2n) is 4.21. The molecule has 0 radical (unpaired) electrons. The van der Waals surface area contributed by atoms with Crippen molar-refractivity contribution in [1.29, 1.82) is 0 Å². The molecule has 1 unspecified atom stereocenters. The van der Waals surface area contributed by atoms with Gasteiger partial charge in [0.2, 0.25) is 5.91 Å². The molecule has 0 spiro atoms. The van der Waals surface area contributed by atoms with Crippen LogP contribution in [0.2, 0.25) is 0 Å². The molecule has 0 bridgehead atoms. The van der Waals surface area contributed by atoms with Crippen LogP contribution in [0.1, 0.15) is 32.1 Å². The third kappa shape index (κ3) is 1.66. The number of hydrogen-bond donors (Lipinski definition) is 1. The first-order valence-corrected chi connectivity index (χ1v) is 5.25. The molecule has 1 aliphatic heterocycles. The van der Waals surface area contributed by atoms with Gasteiger partial charge < -0.3 is 5.73 Å². The summed E-state index contributed by atoms with van der Waals surface area (Å²) >= 11 is 0. The predicted molar refractivity (Wildman–Crippen MR) is 51.6 cm³/mol. The maximum Gasteiger partial charge on any atom is 0.234 e. The first kappa shape index (κ1) is 9.65. The first-order chi connectivity index (χ1) is 6.68. The number of primary amides is 1. The van der Waals surface area contributed by atoms with Crippen molar-refractivity contribution in [3.63, 3.8) is 0 Å². The molecule has 2 rings (SSSR count). The van der Waals surface area contributed by atoms with Gasteiger partial charge in [-0.2, -0.15) is 0 Å². The number of rotatable bonds is 2. The summed E-state index contributed by atoms with van der Waals surface area (Å²) in [5.74, 6) is 0.144. The lowest BCUT2D eigenvalue weighted by atomic mass is 9.88. The van der Waals surface area contributed by atoms with Gasteiger partial charge in [0.1, 0.15) is 5.78 Å². The highest BCUT2D eigenvalue weighted by Gasteiger charge is 2.38. The molecule has 1 aliphatic carbocycles. The number of likely N-dealkylation sites (tertiary alicyclic amines) is 1. The molecule has 14 heavy (non-hydrogen) atoms. The third-order valence-electron chi connectivity index (χ3n) is 3.37. The Labute approximate surface area is 83.4 Å². The van der Waals surface area contributed by atoms with E-state index in [1.165, 1.54) is 0 Å². The number of hydrogen-bond acceptors (Lipinski definition) is 3. The molecule has 1 atom stereocenters. The van der Waals surface area contributed by atoms with Gasteiger partial charge in [0, 0.05) is 25.4 Å². The van der Waals surface area contributed by atoms with E-state index in [1.807, 2.05) is 0 Å². The van der Waals surface area contributed by atoms with E-state index in [1.54, 1.807) is 0 Å². The van der Waals surface area contributed by atoms with Crippen molar-refractivity contribution in [2.45, 2.75) is 44.2 Å². The molecule has 2 N–H and O–H groups in total. The van der Waals surface area contributed by atoms with Crippen molar-refractivity contribution < 1.29 is 9.59 Å². The number of nitrogens with two attached hydrogens (primary N) is 1. The van der Waals surface area contributed by atoms with Crippen LogP contribution in [0, 0.1) is 0 Å². The molecule has 2 aliphatic rings. The highest BCUT2D eigenvalue weighted by atomic mass is 16.1. The Hall–Kier alpha value is -0.900. The van der Waals surface area contributed by atoms with Crippen molar-refractivity contribution in [3.05, 3.63) is 0 Å². The van der Waals surface area contributed by atoms with Crippen LogP contribution in [-0.2, 0) is 9.59 Å². The molecule has 4 nitrogen and oxygen atoms in total. The van der Waals surface area contributed by atoms with Gasteiger partial charge in [-0.05, 0) is 19.3 Å². The van der Waals surface area contributed by atoms with Crippen LogP contribution < -0.4 is 5.73 Å². The Bertz CT molecular complexity index is 255. The molecular weight excluding hydrogens is 180 g/mol. The summed E-state index contributed by atoms with van der Waals surface area (Å²) in [6.45, 7) is 0.965. The SMILES string of the molecule is NC(=O)C1CCN1C1CCC(=O)CC1. The number of ketones is 1. The fourth-order valence-electron chi connectivity index (χ4n) is 2.41. The van der Waals surface area contributed by atoms with E-state index in [9.17, 15) is 9.59 Å². The third-order valence-corrected chi connectivity index (χ3v) is 3.37. The van der Waals surface area contributed by atoms with E-state index in [4.69, 9.17) is 5.73 Å². The van der Waals surface area contributed by atoms with Crippen LogP contribution in [0.3, 0.4) is 0 Å². The summed E-state index contributed by atoms with van der Waals surface area (Å²) in [5, 5.41) is 0. The second-order valence-corrected chi connectivity index (χ2v) is 4.21. The standard InChI is InChI=1S/C10H16N2O2/c11-10(14)9-5-6-12(9)7-1-3-8(13)4-2-7/h7,9H,1-6H2,(H2,11,14). The molecule has 1 saturated heterocycles. The molecule has 0 aromatic carbocycles. The molecule has 0 aromatic heterocycles. The summed E-state index contributed by atoms with van der Waals surface area (Å²) in [5.41, 5.74) is 5.27. The summed E-state index contributed by atoms with van der Waals surface area (Å²) < 4.78 is 0. The molecule has 78 valence electrons. The maximum absolute atomic E-state index is 11.0. The molecule has 1 saturated carbocycles. The number of nitrogens with zero attached hydrogens (tertiary/aromatic N) is 1. The number of carbonyl (C=O) groups excluding carboxylic acids is 2. The summed E-state index contributed by atoms with van der Waals surface area (Å²) in [7, 11) is 0. The van der Waals surface area contributed by atoms with E-state index in [0.29, 0.717) is 24.7 Å². The second kappa shape index (κ2) is 3.69. The number of carbonyl (C=O) groups is 2. The molecule has 4 heteroatoms. The Morgan fingerprint density at radius 3 is 2.36 bits per heavy atom. The first-order valence-electron chi connectivity index (χ1n) is 5.25. The van der Waals surface area contributed by atoms with Crippen molar-refractivity contribution in [2.24, 2.45) is 5.73 Å². The lowest BCUT2D eigenvalue weighted by Crippen LogP contribution is -2.59. The van der Waals surface area contributed by atoms with Crippen molar-refractivity contribution in [1.82, 2.24) is 4.90 Å². The van der Waals surface area contributed by atoms with Crippen LogP contribution in [0.25, 0.3) is 0 Å². The van der Waals surface area contributed by atoms with Crippen molar-refractivity contribution in [2.75, 3.05) is 6.54 Å². The van der Waals surface area contributed by atoms with Gasteiger partial charge in [-0.25, -0.2) is 0 Å². The van der Waals surface area contributed by atoms with Gasteiger partial charge >= 0.3 is 0 Å². The van der Waals surface area contributed by atoms with Gasteiger partial charge in [-0.15, -0.1) is 0 Å². The molecule has 1 heterocycles. The topological polar surface area (TPSA) is 63.4 Å². The van der Waals surface area contributed by atoms with Crippen LogP contribution in [0.5, 0.6) is 0 Å². The zero-order valence-electron chi connectivity index (χ0n) is 8.24. The zero-order valence-corrected chi connectivity index (χ0v) is 8.24. The summed E-state index contributed by atoms with van der Waals surface area (Å²) in [6, 6.07) is 0.354. The monoisotopic (exact) mass is 196 g/mol. The van der Waals surface area contributed by atoms with Gasteiger partial charge in [-0.1, -0.05) is 0 Å². The summed E-state index contributed by atoms with van der Waals surface area (Å²) in [6.07, 6.45) is 4.05. The fraction of sp³-hybridized carbons (Fsp3) is 0.800. The highest BCUT2D eigenvalue weighted by molar-refractivity contribution is 5.81. The minimum absolute atomic E-state index is 0.0618. The molecular formula is C10H16N2O2. The average Bonchev–Trinajstić information content (AvgIpc) is 2.05. The smallest absolute Gasteiger partial charge is 0.234 e. The number of amides is 1. The van der Waals surface area contributed by atoms with E-state index in [-0.39, 0.29) is 11.9 Å². The van der Waals surface area contributed by atoms with Gasteiger partial charge in [0.25, 0.3) is 0 Å². The van der Waals surface area contributed by atoms with Gasteiger partial charge in [0.05, 0.1) is 6.04 Å². The Kier molecular flexibility index (Phi) is 2.54. The maximum atomic E-state index is 11.0. The van der Waals surface area contributed by atoms with Gasteiger partial charge in [-0.3, -0.25) is 14.5 Å². The van der Waals surface area contributed by atoms with E-state index in [0.717, 1.165) is 25.8 Å². The molecule has 1 amide bonds. The summed E-state index contributed by atoms with van der Waals surface area (Å²) in [4.78, 5) is 24.2. The minimum atomic E-state index is -0.215. The van der Waals surface area contributed by atoms with Crippen LogP contribution in [-0.4, -0.2) is 35.2 Å². The molecule has 0 aromatic rings. The van der Waals surface area contributed by atoms with Gasteiger partial charge in [0.15, 0.2) is 0 Å². The average molecular weight is 196 g/mol. The normalized spacial score (nSPS) is 30.0. The van der Waals surface area contributed by atoms with Crippen LogP contribution in [0.4, 0.5) is 0 Å². The number of Topliss-reactive ketones (excluding diaryl/α,β-unsaturated/α-hetero) is 1. The largest absolute Gasteiger partial charge is 0.368 e. The lowest BCUT2D eigenvalue weighted by Gasteiger charge is -2.45. The molecule has 2 fully saturated rings. The van der Waals surface area contributed by atoms with Crippen molar-refractivity contribution >= 4 is 11.7 Å². The quantitative estimate of drug-likeness (QED) is 0.679. The Morgan fingerprint density at radius 1 is 1.29 bits per heavy atom. The zero-order chi connectivity index (χ0) is 10.1.